The number of carbonyl (C=O) groups is 1. The lowest BCUT2D eigenvalue weighted by atomic mass is 10.1. The molecule has 3 rings (SSSR count). The van der Waals surface area contributed by atoms with Crippen molar-refractivity contribution < 1.29 is 9.53 Å². The second-order valence-electron chi connectivity index (χ2n) is 4.72. The van der Waals surface area contributed by atoms with Crippen molar-refractivity contribution in [3.8, 4) is 0 Å². The molecular formula is C14H16N2O2. The summed E-state index contributed by atoms with van der Waals surface area (Å²) >= 11 is 0. The van der Waals surface area contributed by atoms with Crippen LogP contribution in [-0.2, 0) is 4.74 Å². The Bertz CT molecular complexity index is 556. The molecule has 1 atom stereocenters. The molecule has 2 N–H and O–H groups in total. The molecule has 94 valence electrons. The molecule has 0 spiro atoms. The molecule has 1 aliphatic rings. The van der Waals surface area contributed by atoms with E-state index in [0.29, 0.717) is 18.0 Å². The maximum Gasteiger partial charge on any atom is 0.251 e. The van der Waals surface area contributed by atoms with Crippen LogP contribution in [-0.4, -0.2) is 30.6 Å². The summed E-state index contributed by atoms with van der Waals surface area (Å²) in [7, 11) is 0. The number of hydrogen-bond donors (Lipinski definition) is 2. The SMILES string of the molecule is O=C(NCC1CCOC1)c1ccc2[nH]ccc2c1. The van der Waals surface area contributed by atoms with Gasteiger partial charge in [0.1, 0.15) is 0 Å². The van der Waals surface area contributed by atoms with Gasteiger partial charge in [0.25, 0.3) is 5.91 Å². The summed E-state index contributed by atoms with van der Waals surface area (Å²) in [5, 5.41) is 4.03. The van der Waals surface area contributed by atoms with E-state index in [1.165, 1.54) is 0 Å². The Hall–Kier alpha value is -1.81. The molecule has 1 aromatic carbocycles. The first-order valence-electron chi connectivity index (χ1n) is 6.26. The molecule has 1 fully saturated rings. The van der Waals surface area contributed by atoms with E-state index in [9.17, 15) is 4.79 Å². The monoisotopic (exact) mass is 244 g/mol. The highest BCUT2D eigenvalue weighted by atomic mass is 16.5. The first-order chi connectivity index (χ1) is 8.83. The summed E-state index contributed by atoms with van der Waals surface area (Å²) < 4.78 is 5.29. The fraction of sp³-hybridized carbons (Fsp3) is 0.357. The molecule has 1 saturated heterocycles. The zero-order chi connectivity index (χ0) is 12.4. The average molecular weight is 244 g/mol. The van der Waals surface area contributed by atoms with E-state index in [0.717, 1.165) is 30.5 Å². The third-order valence-corrected chi connectivity index (χ3v) is 3.39. The van der Waals surface area contributed by atoms with Crippen LogP contribution in [0.2, 0.25) is 0 Å². The van der Waals surface area contributed by atoms with Crippen molar-refractivity contribution in [3.63, 3.8) is 0 Å². The molecular weight excluding hydrogens is 228 g/mol. The van der Waals surface area contributed by atoms with Gasteiger partial charge in [0.15, 0.2) is 0 Å². The number of hydrogen-bond acceptors (Lipinski definition) is 2. The van der Waals surface area contributed by atoms with Gasteiger partial charge < -0.3 is 15.0 Å². The van der Waals surface area contributed by atoms with E-state index >= 15 is 0 Å². The first kappa shape index (κ1) is 11.3. The fourth-order valence-electron chi connectivity index (χ4n) is 2.28. The van der Waals surface area contributed by atoms with Crippen LogP contribution < -0.4 is 5.32 Å². The van der Waals surface area contributed by atoms with Gasteiger partial charge in [-0.25, -0.2) is 0 Å². The summed E-state index contributed by atoms with van der Waals surface area (Å²) in [5.41, 5.74) is 1.76. The quantitative estimate of drug-likeness (QED) is 0.866. The number of nitrogens with one attached hydrogen (secondary N) is 2. The second kappa shape index (κ2) is 4.82. The van der Waals surface area contributed by atoms with Crippen LogP contribution in [0.5, 0.6) is 0 Å². The summed E-state index contributed by atoms with van der Waals surface area (Å²) in [6.07, 6.45) is 2.92. The van der Waals surface area contributed by atoms with E-state index in [1.54, 1.807) is 0 Å². The number of benzene rings is 1. The maximum absolute atomic E-state index is 12.0. The van der Waals surface area contributed by atoms with Gasteiger partial charge in [-0.2, -0.15) is 0 Å². The Labute approximate surface area is 105 Å². The minimum atomic E-state index is -0.00926. The average Bonchev–Trinajstić information content (AvgIpc) is 3.05. The Morgan fingerprint density at radius 2 is 2.39 bits per heavy atom. The highest BCUT2D eigenvalue weighted by Crippen LogP contribution is 2.15. The van der Waals surface area contributed by atoms with E-state index < -0.39 is 0 Å². The molecule has 0 radical (unpaired) electrons. The minimum absolute atomic E-state index is 0.00926. The molecule has 0 aliphatic carbocycles. The molecule has 1 aliphatic heterocycles. The van der Waals surface area contributed by atoms with Gasteiger partial charge in [-0.3, -0.25) is 4.79 Å². The Morgan fingerprint density at radius 1 is 1.44 bits per heavy atom. The third-order valence-electron chi connectivity index (χ3n) is 3.39. The summed E-state index contributed by atoms with van der Waals surface area (Å²) in [4.78, 5) is 15.1. The van der Waals surface area contributed by atoms with Crippen LogP contribution in [0.25, 0.3) is 10.9 Å². The van der Waals surface area contributed by atoms with Crippen molar-refractivity contribution in [2.75, 3.05) is 19.8 Å². The Morgan fingerprint density at radius 3 is 3.22 bits per heavy atom. The van der Waals surface area contributed by atoms with Crippen LogP contribution in [0.15, 0.2) is 30.5 Å². The first-order valence-corrected chi connectivity index (χ1v) is 6.26. The zero-order valence-electron chi connectivity index (χ0n) is 10.1. The highest BCUT2D eigenvalue weighted by Gasteiger charge is 2.16. The third kappa shape index (κ3) is 2.24. The van der Waals surface area contributed by atoms with E-state index in [2.05, 4.69) is 10.3 Å². The number of rotatable bonds is 3. The summed E-state index contributed by atoms with van der Waals surface area (Å²) in [6.45, 7) is 2.27. The summed E-state index contributed by atoms with van der Waals surface area (Å²) in [6, 6.07) is 7.66. The topological polar surface area (TPSA) is 54.1 Å². The smallest absolute Gasteiger partial charge is 0.251 e. The number of H-pyrrole nitrogens is 1. The summed E-state index contributed by atoms with van der Waals surface area (Å²) in [5.74, 6) is 0.454. The van der Waals surface area contributed by atoms with Crippen molar-refractivity contribution >= 4 is 16.8 Å². The van der Waals surface area contributed by atoms with Gasteiger partial charge in [-0.1, -0.05) is 0 Å². The van der Waals surface area contributed by atoms with Crippen molar-refractivity contribution in [2.45, 2.75) is 6.42 Å². The fourth-order valence-corrected chi connectivity index (χ4v) is 2.28. The largest absolute Gasteiger partial charge is 0.381 e. The molecule has 1 unspecified atom stereocenters. The Kier molecular flexibility index (Phi) is 3.02. The van der Waals surface area contributed by atoms with E-state index in [4.69, 9.17) is 4.74 Å². The van der Waals surface area contributed by atoms with Gasteiger partial charge in [0, 0.05) is 41.7 Å². The van der Waals surface area contributed by atoms with Gasteiger partial charge >= 0.3 is 0 Å². The van der Waals surface area contributed by atoms with Crippen LogP contribution in [0.4, 0.5) is 0 Å². The lowest BCUT2D eigenvalue weighted by molar-refractivity contribution is 0.0945. The Balaban J connectivity index is 1.67. The molecule has 1 amide bonds. The van der Waals surface area contributed by atoms with Crippen molar-refractivity contribution in [3.05, 3.63) is 36.0 Å². The zero-order valence-corrected chi connectivity index (χ0v) is 10.1. The van der Waals surface area contributed by atoms with Crippen molar-refractivity contribution in [1.29, 1.82) is 0 Å². The predicted octanol–water partition coefficient (Wildman–Crippen LogP) is 1.93. The minimum Gasteiger partial charge on any atom is -0.381 e. The molecule has 18 heavy (non-hydrogen) atoms. The number of aromatic nitrogens is 1. The van der Waals surface area contributed by atoms with E-state index in [1.807, 2.05) is 30.5 Å². The normalized spacial score (nSPS) is 19.2. The van der Waals surface area contributed by atoms with Gasteiger partial charge in [-0.15, -0.1) is 0 Å². The van der Waals surface area contributed by atoms with Crippen LogP contribution in [0.3, 0.4) is 0 Å². The molecule has 4 heteroatoms. The molecule has 0 bridgehead atoms. The number of carbonyl (C=O) groups excluding carboxylic acids is 1. The van der Waals surface area contributed by atoms with Gasteiger partial charge in [0.05, 0.1) is 6.61 Å². The van der Waals surface area contributed by atoms with Crippen molar-refractivity contribution in [2.24, 2.45) is 5.92 Å². The molecule has 0 saturated carbocycles. The standard InChI is InChI=1S/C14H16N2O2/c17-14(16-8-10-4-6-18-9-10)12-1-2-13-11(7-12)3-5-15-13/h1-3,5,7,10,15H,4,6,8-9H2,(H,16,17). The molecule has 2 aromatic rings. The predicted molar refractivity (Wildman–Crippen MR) is 69.6 cm³/mol. The lowest BCUT2D eigenvalue weighted by Crippen LogP contribution is -2.29. The van der Waals surface area contributed by atoms with Crippen LogP contribution >= 0.6 is 0 Å². The lowest BCUT2D eigenvalue weighted by Gasteiger charge is -2.09. The number of aromatic amines is 1. The molecule has 1 aromatic heterocycles. The second-order valence-corrected chi connectivity index (χ2v) is 4.72. The van der Waals surface area contributed by atoms with Gasteiger partial charge in [0.2, 0.25) is 0 Å². The highest BCUT2D eigenvalue weighted by molar-refractivity contribution is 5.98. The molecule has 2 heterocycles. The van der Waals surface area contributed by atoms with Crippen LogP contribution in [0.1, 0.15) is 16.8 Å². The number of ether oxygens (including phenoxy) is 1. The van der Waals surface area contributed by atoms with E-state index in [-0.39, 0.29) is 5.91 Å². The van der Waals surface area contributed by atoms with Crippen molar-refractivity contribution in [1.82, 2.24) is 10.3 Å². The number of amides is 1. The van der Waals surface area contributed by atoms with Gasteiger partial charge in [-0.05, 0) is 30.7 Å². The van der Waals surface area contributed by atoms with Crippen LogP contribution in [0, 0.1) is 5.92 Å². The maximum atomic E-state index is 12.0. The molecule has 4 nitrogen and oxygen atoms in total. The number of fused-ring (bicyclic) bond motifs is 1.